The molecule has 0 fully saturated rings. The molecule has 20 heavy (non-hydrogen) atoms. The Morgan fingerprint density at radius 1 is 1.20 bits per heavy atom. The largest absolute Gasteiger partial charge is 0.508 e. The van der Waals surface area contributed by atoms with Crippen LogP contribution in [-0.2, 0) is 6.54 Å². The molecule has 5 nitrogen and oxygen atoms in total. The van der Waals surface area contributed by atoms with Crippen molar-refractivity contribution in [1.29, 1.82) is 0 Å². The summed E-state index contributed by atoms with van der Waals surface area (Å²) in [6, 6.07) is 13.5. The van der Waals surface area contributed by atoms with E-state index in [0.717, 1.165) is 5.56 Å². The van der Waals surface area contributed by atoms with Gasteiger partial charge in [-0.15, -0.1) is 0 Å². The molecule has 5 heteroatoms. The molecule has 0 aromatic heterocycles. The number of ether oxygens (including phenoxy) is 1. The van der Waals surface area contributed by atoms with Gasteiger partial charge in [0.05, 0.1) is 7.11 Å². The second kappa shape index (κ2) is 6.47. The van der Waals surface area contributed by atoms with Crippen LogP contribution >= 0.6 is 0 Å². The monoisotopic (exact) mass is 272 g/mol. The maximum atomic E-state index is 11.7. The van der Waals surface area contributed by atoms with Crippen molar-refractivity contribution in [2.24, 2.45) is 0 Å². The van der Waals surface area contributed by atoms with E-state index in [9.17, 15) is 9.90 Å². The number of hydrogen-bond donors (Lipinski definition) is 3. The number of phenolic OH excluding ortho intramolecular Hbond substituents is 1. The summed E-state index contributed by atoms with van der Waals surface area (Å²) in [5.74, 6) is 0.855. The highest BCUT2D eigenvalue weighted by atomic mass is 16.5. The quantitative estimate of drug-likeness (QED) is 0.801. The summed E-state index contributed by atoms with van der Waals surface area (Å²) in [6.07, 6.45) is 0. The van der Waals surface area contributed by atoms with E-state index in [-0.39, 0.29) is 11.8 Å². The van der Waals surface area contributed by atoms with Gasteiger partial charge in [-0.3, -0.25) is 0 Å². The van der Waals surface area contributed by atoms with E-state index in [2.05, 4.69) is 10.6 Å². The molecule has 0 aliphatic heterocycles. The maximum Gasteiger partial charge on any atom is 0.319 e. The second-order valence-electron chi connectivity index (χ2n) is 4.21. The van der Waals surface area contributed by atoms with Gasteiger partial charge in [0.2, 0.25) is 0 Å². The molecule has 3 N–H and O–H groups in total. The number of carbonyl (C=O) groups excluding carboxylic acids is 1. The first-order valence-electron chi connectivity index (χ1n) is 6.14. The SMILES string of the molecule is COc1cccc(NC(=O)NCc2cccc(O)c2)c1. The topological polar surface area (TPSA) is 70.6 Å². The van der Waals surface area contributed by atoms with Crippen molar-refractivity contribution >= 4 is 11.7 Å². The van der Waals surface area contributed by atoms with Crippen molar-refractivity contribution < 1.29 is 14.6 Å². The van der Waals surface area contributed by atoms with Crippen LogP contribution in [0.15, 0.2) is 48.5 Å². The van der Waals surface area contributed by atoms with E-state index in [1.165, 1.54) is 0 Å². The number of anilines is 1. The molecule has 2 amide bonds. The zero-order chi connectivity index (χ0) is 14.4. The molecule has 0 aliphatic rings. The number of urea groups is 1. The molecule has 2 rings (SSSR count). The highest BCUT2D eigenvalue weighted by molar-refractivity contribution is 5.89. The van der Waals surface area contributed by atoms with Crippen LogP contribution in [0.3, 0.4) is 0 Å². The second-order valence-corrected chi connectivity index (χ2v) is 4.21. The predicted octanol–water partition coefficient (Wildman–Crippen LogP) is 2.72. The molecule has 0 unspecified atom stereocenters. The minimum atomic E-state index is -0.318. The van der Waals surface area contributed by atoms with Crippen molar-refractivity contribution in [3.63, 3.8) is 0 Å². The van der Waals surface area contributed by atoms with Crippen LogP contribution in [0, 0.1) is 0 Å². The molecule has 0 bridgehead atoms. The van der Waals surface area contributed by atoms with Gasteiger partial charge in [-0.05, 0) is 29.8 Å². The van der Waals surface area contributed by atoms with Crippen LogP contribution in [-0.4, -0.2) is 18.2 Å². The summed E-state index contributed by atoms with van der Waals surface area (Å²) in [5, 5.41) is 14.7. The molecule has 104 valence electrons. The smallest absolute Gasteiger partial charge is 0.319 e. The average Bonchev–Trinajstić information content (AvgIpc) is 2.45. The van der Waals surface area contributed by atoms with Crippen LogP contribution in [0.4, 0.5) is 10.5 Å². The molecule has 0 spiro atoms. The molecule has 0 saturated carbocycles. The van der Waals surface area contributed by atoms with Gasteiger partial charge in [0.25, 0.3) is 0 Å². The summed E-state index contributed by atoms with van der Waals surface area (Å²) >= 11 is 0. The van der Waals surface area contributed by atoms with E-state index >= 15 is 0 Å². The number of rotatable bonds is 4. The predicted molar refractivity (Wildman–Crippen MR) is 77.0 cm³/mol. The Morgan fingerprint density at radius 2 is 2.00 bits per heavy atom. The van der Waals surface area contributed by atoms with Gasteiger partial charge in [0.15, 0.2) is 0 Å². The summed E-state index contributed by atoms with van der Waals surface area (Å²) in [7, 11) is 1.57. The van der Waals surface area contributed by atoms with E-state index in [0.29, 0.717) is 18.0 Å². The number of methoxy groups -OCH3 is 1. The van der Waals surface area contributed by atoms with Crippen LogP contribution < -0.4 is 15.4 Å². The number of nitrogens with one attached hydrogen (secondary N) is 2. The van der Waals surface area contributed by atoms with E-state index in [1.54, 1.807) is 49.6 Å². The molecule has 2 aromatic carbocycles. The normalized spacial score (nSPS) is 9.85. The first-order chi connectivity index (χ1) is 9.67. The van der Waals surface area contributed by atoms with Crippen LogP contribution in [0.5, 0.6) is 11.5 Å². The van der Waals surface area contributed by atoms with E-state index in [4.69, 9.17) is 4.74 Å². The summed E-state index contributed by atoms with van der Waals surface area (Å²) < 4.78 is 5.08. The van der Waals surface area contributed by atoms with Gasteiger partial charge in [-0.2, -0.15) is 0 Å². The molecular weight excluding hydrogens is 256 g/mol. The van der Waals surface area contributed by atoms with Crippen molar-refractivity contribution in [3.05, 3.63) is 54.1 Å². The Bertz CT molecular complexity index is 599. The highest BCUT2D eigenvalue weighted by Crippen LogP contribution is 2.16. The van der Waals surface area contributed by atoms with Crippen molar-refractivity contribution in [1.82, 2.24) is 5.32 Å². The fourth-order valence-electron chi connectivity index (χ4n) is 1.72. The molecule has 0 radical (unpaired) electrons. The Balaban J connectivity index is 1.89. The van der Waals surface area contributed by atoms with Crippen molar-refractivity contribution in [3.8, 4) is 11.5 Å². The zero-order valence-corrected chi connectivity index (χ0v) is 11.1. The summed E-state index contributed by atoms with van der Waals surface area (Å²) in [6.45, 7) is 0.338. The third kappa shape index (κ3) is 3.91. The van der Waals surface area contributed by atoms with Gasteiger partial charge < -0.3 is 20.5 Å². The average molecular weight is 272 g/mol. The van der Waals surface area contributed by atoms with Crippen LogP contribution in [0.25, 0.3) is 0 Å². The number of amides is 2. The number of aromatic hydroxyl groups is 1. The standard InChI is InChI=1S/C15H16N2O3/c1-20-14-7-3-5-12(9-14)17-15(19)16-10-11-4-2-6-13(18)8-11/h2-9,18H,10H2,1H3,(H2,16,17,19). The minimum absolute atomic E-state index is 0.178. The Labute approximate surface area is 117 Å². The molecule has 0 aliphatic carbocycles. The van der Waals surface area contributed by atoms with Crippen LogP contribution in [0.2, 0.25) is 0 Å². The lowest BCUT2D eigenvalue weighted by Gasteiger charge is -2.09. The number of carbonyl (C=O) groups is 1. The first-order valence-corrected chi connectivity index (χ1v) is 6.14. The molecule has 0 heterocycles. The lowest BCUT2D eigenvalue weighted by atomic mass is 10.2. The third-order valence-electron chi connectivity index (χ3n) is 2.69. The lowest BCUT2D eigenvalue weighted by Crippen LogP contribution is -2.28. The molecular formula is C15H16N2O3. The Hall–Kier alpha value is -2.69. The van der Waals surface area contributed by atoms with Crippen molar-refractivity contribution in [2.45, 2.75) is 6.54 Å². The van der Waals surface area contributed by atoms with Gasteiger partial charge in [0, 0.05) is 18.3 Å². The summed E-state index contributed by atoms with van der Waals surface area (Å²) in [4.78, 5) is 11.7. The van der Waals surface area contributed by atoms with Crippen molar-refractivity contribution in [2.75, 3.05) is 12.4 Å². The maximum absolute atomic E-state index is 11.7. The fraction of sp³-hybridized carbons (Fsp3) is 0.133. The molecule has 2 aromatic rings. The highest BCUT2D eigenvalue weighted by Gasteiger charge is 2.03. The van der Waals surface area contributed by atoms with Gasteiger partial charge in [0.1, 0.15) is 11.5 Å². The van der Waals surface area contributed by atoms with Gasteiger partial charge >= 0.3 is 6.03 Å². The first kappa shape index (κ1) is 13.7. The molecule has 0 atom stereocenters. The Morgan fingerprint density at radius 3 is 2.75 bits per heavy atom. The third-order valence-corrected chi connectivity index (χ3v) is 2.69. The van der Waals surface area contributed by atoms with Gasteiger partial charge in [-0.1, -0.05) is 18.2 Å². The van der Waals surface area contributed by atoms with Gasteiger partial charge in [-0.25, -0.2) is 4.79 Å². The zero-order valence-electron chi connectivity index (χ0n) is 11.1. The van der Waals surface area contributed by atoms with E-state index in [1.807, 2.05) is 6.07 Å². The van der Waals surface area contributed by atoms with E-state index < -0.39 is 0 Å². The number of benzene rings is 2. The molecule has 0 saturated heterocycles. The lowest BCUT2D eigenvalue weighted by molar-refractivity contribution is 0.251. The Kier molecular flexibility index (Phi) is 4.44. The van der Waals surface area contributed by atoms with Crippen LogP contribution in [0.1, 0.15) is 5.56 Å². The fourth-order valence-corrected chi connectivity index (χ4v) is 1.72. The minimum Gasteiger partial charge on any atom is -0.508 e. The summed E-state index contributed by atoms with van der Waals surface area (Å²) in [5.41, 5.74) is 1.48. The number of phenols is 1. The number of hydrogen-bond acceptors (Lipinski definition) is 3.